The molecule has 124 valence electrons. The number of nitrogens with one attached hydrogen (secondary N) is 1. The molecular formula is C18H24N2O3. The molecule has 1 atom stereocenters. The topological polar surface area (TPSA) is 50.8 Å². The molecule has 23 heavy (non-hydrogen) atoms. The van der Waals surface area contributed by atoms with Crippen LogP contribution in [0.2, 0.25) is 0 Å². The van der Waals surface area contributed by atoms with E-state index in [1.165, 1.54) is 5.57 Å². The van der Waals surface area contributed by atoms with Gasteiger partial charge in [0.05, 0.1) is 7.11 Å². The Bertz CT molecular complexity index is 612. The van der Waals surface area contributed by atoms with Gasteiger partial charge in [-0.15, -0.1) is 0 Å². The van der Waals surface area contributed by atoms with Crippen LogP contribution in [0.3, 0.4) is 0 Å². The van der Waals surface area contributed by atoms with E-state index < -0.39 is 0 Å². The second-order valence-corrected chi connectivity index (χ2v) is 6.30. The first-order valence-corrected chi connectivity index (χ1v) is 8.11. The van der Waals surface area contributed by atoms with Gasteiger partial charge in [-0.3, -0.25) is 9.69 Å². The van der Waals surface area contributed by atoms with Gasteiger partial charge in [0.15, 0.2) is 11.5 Å². The second-order valence-electron chi connectivity index (χ2n) is 6.30. The zero-order valence-electron chi connectivity index (χ0n) is 13.8. The van der Waals surface area contributed by atoms with Crippen LogP contribution in [-0.4, -0.2) is 50.7 Å². The molecule has 0 bridgehead atoms. The molecule has 1 N–H and O–H groups in total. The lowest BCUT2D eigenvalue weighted by molar-refractivity contribution is -0.119. The third kappa shape index (κ3) is 3.85. The molecule has 2 heterocycles. The standard InChI is InChI=1S/C18H24N2O3/c1-13(21)19-9-14-6-7-20(10-14)11-15-8-16-4-3-5-17(22-2)18(16)23-12-15/h3-5,8,14H,6-7,9-12H2,1-2H3,(H,19,21). The fourth-order valence-electron chi connectivity index (χ4n) is 3.28. The molecule has 1 saturated heterocycles. The van der Waals surface area contributed by atoms with Gasteiger partial charge in [0.2, 0.25) is 5.91 Å². The number of amides is 1. The van der Waals surface area contributed by atoms with Gasteiger partial charge in [-0.25, -0.2) is 0 Å². The van der Waals surface area contributed by atoms with Gasteiger partial charge < -0.3 is 14.8 Å². The van der Waals surface area contributed by atoms with Crippen LogP contribution in [-0.2, 0) is 4.79 Å². The van der Waals surface area contributed by atoms with Crippen molar-refractivity contribution in [2.75, 3.05) is 39.9 Å². The number of carbonyl (C=O) groups is 1. The van der Waals surface area contributed by atoms with E-state index in [0.717, 1.165) is 49.7 Å². The van der Waals surface area contributed by atoms with E-state index in [4.69, 9.17) is 9.47 Å². The van der Waals surface area contributed by atoms with Crippen molar-refractivity contribution in [3.8, 4) is 11.5 Å². The van der Waals surface area contributed by atoms with Gasteiger partial charge >= 0.3 is 0 Å². The van der Waals surface area contributed by atoms with Crippen molar-refractivity contribution in [2.45, 2.75) is 13.3 Å². The summed E-state index contributed by atoms with van der Waals surface area (Å²) in [6.07, 6.45) is 3.35. The summed E-state index contributed by atoms with van der Waals surface area (Å²) < 4.78 is 11.2. The van der Waals surface area contributed by atoms with Crippen molar-refractivity contribution in [3.05, 3.63) is 29.3 Å². The number of carbonyl (C=O) groups excluding carboxylic acids is 1. The van der Waals surface area contributed by atoms with Crippen LogP contribution < -0.4 is 14.8 Å². The molecule has 5 nitrogen and oxygen atoms in total. The third-order valence-electron chi connectivity index (χ3n) is 4.43. The Balaban J connectivity index is 1.59. The van der Waals surface area contributed by atoms with E-state index in [9.17, 15) is 4.79 Å². The molecule has 0 aromatic heterocycles. The van der Waals surface area contributed by atoms with Crippen LogP contribution in [0.25, 0.3) is 6.08 Å². The van der Waals surface area contributed by atoms with E-state index in [2.05, 4.69) is 22.4 Å². The Morgan fingerprint density at radius 2 is 2.35 bits per heavy atom. The Morgan fingerprint density at radius 3 is 3.13 bits per heavy atom. The fourth-order valence-corrected chi connectivity index (χ4v) is 3.28. The summed E-state index contributed by atoms with van der Waals surface area (Å²) >= 11 is 0. The van der Waals surface area contributed by atoms with Crippen molar-refractivity contribution >= 4 is 12.0 Å². The molecule has 1 unspecified atom stereocenters. The monoisotopic (exact) mass is 316 g/mol. The van der Waals surface area contributed by atoms with Gasteiger partial charge in [0, 0.05) is 32.1 Å². The lowest BCUT2D eigenvalue weighted by Gasteiger charge is -2.23. The number of nitrogens with zero attached hydrogens (tertiary/aromatic N) is 1. The quantitative estimate of drug-likeness (QED) is 0.902. The van der Waals surface area contributed by atoms with Crippen LogP contribution in [0.4, 0.5) is 0 Å². The summed E-state index contributed by atoms with van der Waals surface area (Å²) in [5.41, 5.74) is 2.37. The Morgan fingerprint density at radius 1 is 1.48 bits per heavy atom. The number of methoxy groups -OCH3 is 1. The minimum atomic E-state index is 0.0531. The Kier molecular flexibility index (Phi) is 4.86. The highest BCUT2D eigenvalue weighted by molar-refractivity contribution is 5.72. The number of benzene rings is 1. The van der Waals surface area contributed by atoms with Gasteiger partial charge in [0.1, 0.15) is 6.61 Å². The number of fused-ring (bicyclic) bond motifs is 1. The summed E-state index contributed by atoms with van der Waals surface area (Å²) in [6, 6.07) is 5.96. The molecule has 1 aromatic rings. The van der Waals surface area contributed by atoms with Crippen molar-refractivity contribution in [1.29, 1.82) is 0 Å². The molecule has 5 heteroatoms. The van der Waals surface area contributed by atoms with Crippen molar-refractivity contribution in [1.82, 2.24) is 10.2 Å². The highest BCUT2D eigenvalue weighted by Crippen LogP contribution is 2.35. The van der Waals surface area contributed by atoms with Crippen LogP contribution >= 0.6 is 0 Å². The Hall–Kier alpha value is -2.01. The number of likely N-dealkylation sites (tertiary alicyclic amines) is 1. The lowest BCUT2D eigenvalue weighted by atomic mass is 10.1. The third-order valence-corrected chi connectivity index (χ3v) is 4.43. The lowest BCUT2D eigenvalue weighted by Crippen LogP contribution is -2.30. The van der Waals surface area contributed by atoms with Crippen molar-refractivity contribution in [2.24, 2.45) is 5.92 Å². The number of hydrogen-bond acceptors (Lipinski definition) is 4. The molecule has 1 amide bonds. The average Bonchev–Trinajstić information content (AvgIpc) is 2.99. The van der Waals surface area contributed by atoms with Crippen LogP contribution in [0.1, 0.15) is 18.9 Å². The summed E-state index contributed by atoms with van der Waals surface area (Å²) in [6.45, 7) is 5.99. The van der Waals surface area contributed by atoms with Crippen molar-refractivity contribution in [3.63, 3.8) is 0 Å². The molecule has 1 aromatic carbocycles. The molecule has 2 aliphatic rings. The largest absolute Gasteiger partial charge is 0.493 e. The number of hydrogen-bond donors (Lipinski definition) is 1. The average molecular weight is 316 g/mol. The number of rotatable bonds is 5. The first-order chi connectivity index (χ1) is 11.2. The first-order valence-electron chi connectivity index (χ1n) is 8.11. The zero-order chi connectivity index (χ0) is 16.2. The second kappa shape index (κ2) is 7.04. The van der Waals surface area contributed by atoms with E-state index in [1.54, 1.807) is 14.0 Å². The molecule has 2 aliphatic heterocycles. The van der Waals surface area contributed by atoms with Crippen LogP contribution in [0, 0.1) is 5.92 Å². The molecule has 0 saturated carbocycles. The van der Waals surface area contributed by atoms with Crippen LogP contribution in [0.5, 0.6) is 11.5 Å². The zero-order valence-corrected chi connectivity index (χ0v) is 13.8. The molecule has 0 radical (unpaired) electrons. The van der Waals surface area contributed by atoms with Gasteiger partial charge in [-0.05, 0) is 36.6 Å². The first kappa shape index (κ1) is 15.9. The maximum atomic E-state index is 11.0. The predicted octanol–water partition coefficient (Wildman–Crippen LogP) is 1.93. The molecule has 0 aliphatic carbocycles. The van der Waals surface area contributed by atoms with Crippen LogP contribution in [0.15, 0.2) is 23.8 Å². The summed E-state index contributed by atoms with van der Waals surface area (Å²) in [5, 5.41) is 2.92. The highest BCUT2D eigenvalue weighted by Gasteiger charge is 2.24. The highest BCUT2D eigenvalue weighted by atomic mass is 16.5. The normalized spacial score (nSPS) is 20.4. The SMILES string of the molecule is COc1cccc2c1OCC(CN1CCC(CNC(C)=O)C1)=C2. The smallest absolute Gasteiger partial charge is 0.216 e. The summed E-state index contributed by atoms with van der Waals surface area (Å²) in [7, 11) is 1.66. The van der Waals surface area contributed by atoms with E-state index in [-0.39, 0.29) is 5.91 Å². The summed E-state index contributed by atoms with van der Waals surface area (Å²) in [5.74, 6) is 2.23. The number of para-hydroxylation sites is 1. The Labute approximate surface area is 137 Å². The molecule has 1 fully saturated rings. The maximum absolute atomic E-state index is 11.0. The minimum absolute atomic E-state index is 0.0531. The minimum Gasteiger partial charge on any atom is -0.493 e. The summed E-state index contributed by atoms with van der Waals surface area (Å²) in [4.78, 5) is 13.4. The fraction of sp³-hybridized carbons (Fsp3) is 0.500. The number of ether oxygens (including phenoxy) is 2. The van der Waals surface area contributed by atoms with E-state index in [0.29, 0.717) is 12.5 Å². The van der Waals surface area contributed by atoms with Crippen molar-refractivity contribution < 1.29 is 14.3 Å². The molecule has 0 spiro atoms. The van der Waals surface area contributed by atoms with Gasteiger partial charge in [-0.2, -0.15) is 0 Å². The van der Waals surface area contributed by atoms with E-state index in [1.807, 2.05) is 12.1 Å². The van der Waals surface area contributed by atoms with Gasteiger partial charge in [-0.1, -0.05) is 12.1 Å². The maximum Gasteiger partial charge on any atom is 0.216 e. The predicted molar refractivity (Wildman–Crippen MR) is 89.7 cm³/mol. The van der Waals surface area contributed by atoms with Gasteiger partial charge in [0.25, 0.3) is 0 Å². The molecule has 3 rings (SSSR count). The molecular weight excluding hydrogens is 292 g/mol. The van der Waals surface area contributed by atoms with E-state index >= 15 is 0 Å².